The van der Waals surface area contributed by atoms with Gasteiger partial charge in [-0.15, -0.1) is 0 Å². The second kappa shape index (κ2) is 5.89. The number of rotatable bonds is 5. The maximum Gasteiger partial charge on any atom is 0.0950 e. The largest absolute Gasteiger partial charge is 0.472 e. The van der Waals surface area contributed by atoms with Crippen LogP contribution in [0.5, 0.6) is 0 Å². The minimum absolute atomic E-state index is 0.233. The summed E-state index contributed by atoms with van der Waals surface area (Å²) in [6.45, 7) is 5.02. The lowest BCUT2D eigenvalue weighted by atomic mass is 9.78. The van der Waals surface area contributed by atoms with E-state index in [0.29, 0.717) is 6.54 Å². The second-order valence-corrected chi connectivity index (χ2v) is 5.74. The summed E-state index contributed by atoms with van der Waals surface area (Å²) in [6, 6.07) is 2.20. The zero-order valence-electron chi connectivity index (χ0n) is 11.5. The van der Waals surface area contributed by atoms with Crippen molar-refractivity contribution in [3.8, 4) is 0 Å². The van der Waals surface area contributed by atoms with Crippen molar-refractivity contribution in [3.05, 3.63) is 24.2 Å². The third-order valence-corrected chi connectivity index (χ3v) is 4.39. The van der Waals surface area contributed by atoms with E-state index in [2.05, 4.69) is 19.2 Å². The van der Waals surface area contributed by atoms with Crippen molar-refractivity contribution in [1.29, 1.82) is 0 Å². The van der Waals surface area contributed by atoms with Crippen LogP contribution in [0.25, 0.3) is 0 Å². The second-order valence-electron chi connectivity index (χ2n) is 5.74. The molecule has 102 valence electrons. The summed E-state index contributed by atoms with van der Waals surface area (Å²) in [4.78, 5) is 0. The van der Waals surface area contributed by atoms with E-state index in [-0.39, 0.29) is 6.04 Å². The summed E-state index contributed by atoms with van der Waals surface area (Å²) in [5, 5.41) is 14.0. The molecular formula is C15H25NO2. The lowest BCUT2D eigenvalue weighted by Gasteiger charge is -2.36. The van der Waals surface area contributed by atoms with Gasteiger partial charge >= 0.3 is 0 Å². The van der Waals surface area contributed by atoms with Crippen LogP contribution in [0.3, 0.4) is 0 Å². The van der Waals surface area contributed by atoms with Gasteiger partial charge in [0, 0.05) is 18.2 Å². The molecule has 2 N–H and O–H groups in total. The fraction of sp³-hybridized carbons (Fsp3) is 0.733. The van der Waals surface area contributed by atoms with E-state index in [1.54, 1.807) is 12.5 Å². The smallest absolute Gasteiger partial charge is 0.0950 e. The number of hydrogen-bond acceptors (Lipinski definition) is 3. The van der Waals surface area contributed by atoms with Crippen LogP contribution in [0.15, 0.2) is 23.0 Å². The minimum Gasteiger partial charge on any atom is -0.472 e. The maximum atomic E-state index is 10.5. The highest BCUT2D eigenvalue weighted by Gasteiger charge is 2.32. The lowest BCUT2D eigenvalue weighted by molar-refractivity contribution is -0.0103. The van der Waals surface area contributed by atoms with Gasteiger partial charge in [0.1, 0.15) is 0 Å². The van der Waals surface area contributed by atoms with E-state index >= 15 is 0 Å². The first-order valence-corrected chi connectivity index (χ1v) is 7.11. The third kappa shape index (κ3) is 3.36. The highest BCUT2D eigenvalue weighted by molar-refractivity contribution is 5.10. The summed E-state index contributed by atoms with van der Waals surface area (Å²) in [5.41, 5.74) is 0.629. The van der Waals surface area contributed by atoms with Crippen LogP contribution >= 0.6 is 0 Å². The molecule has 2 rings (SSSR count). The van der Waals surface area contributed by atoms with Crippen LogP contribution in [-0.4, -0.2) is 17.3 Å². The van der Waals surface area contributed by atoms with Crippen LogP contribution in [0.4, 0.5) is 0 Å². The van der Waals surface area contributed by atoms with Crippen molar-refractivity contribution in [3.63, 3.8) is 0 Å². The average Bonchev–Trinajstić information content (AvgIpc) is 2.91. The molecule has 18 heavy (non-hydrogen) atoms. The van der Waals surface area contributed by atoms with Crippen molar-refractivity contribution in [2.24, 2.45) is 5.92 Å². The van der Waals surface area contributed by atoms with Gasteiger partial charge in [-0.25, -0.2) is 0 Å². The molecule has 1 saturated carbocycles. The molecule has 0 bridgehead atoms. The molecule has 1 heterocycles. The van der Waals surface area contributed by atoms with Gasteiger partial charge < -0.3 is 14.8 Å². The van der Waals surface area contributed by atoms with Crippen molar-refractivity contribution in [1.82, 2.24) is 5.32 Å². The number of aliphatic hydroxyl groups is 1. The SMILES string of the molecule is CCC1CCC(O)(CNC(C)c2ccoc2)CC1. The van der Waals surface area contributed by atoms with E-state index in [1.807, 2.05) is 6.07 Å². The summed E-state index contributed by atoms with van der Waals surface area (Å²) in [6.07, 6.45) is 8.87. The Balaban J connectivity index is 1.79. The molecule has 1 aliphatic rings. The van der Waals surface area contributed by atoms with E-state index in [1.165, 1.54) is 6.42 Å². The molecule has 1 unspecified atom stereocenters. The first kappa shape index (κ1) is 13.6. The molecule has 1 aromatic heterocycles. The molecule has 1 aliphatic carbocycles. The van der Waals surface area contributed by atoms with Crippen molar-refractivity contribution < 1.29 is 9.52 Å². The van der Waals surface area contributed by atoms with E-state index in [4.69, 9.17) is 4.42 Å². The lowest BCUT2D eigenvalue weighted by Crippen LogP contribution is -2.44. The van der Waals surface area contributed by atoms with Crippen LogP contribution in [0.1, 0.15) is 57.6 Å². The Morgan fingerprint density at radius 2 is 2.22 bits per heavy atom. The maximum absolute atomic E-state index is 10.5. The van der Waals surface area contributed by atoms with E-state index in [9.17, 15) is 5.11 Å². The number of furan rings is 1. The molecular weight excluding hydrogens is 226 g/mol. The molecule has 1 atom stereocenters. The Hall–Kier alpha value is -0.800. The van der Waals surface area contributed by atoms with Crippen molar-refractivity contribution >= 4 is 0 Å². The van der Waals surface area contributed by atoms with E-state index < -0.39 is 5.60 Å². The Morgan fingerprint density at radius 3 is 2.78 bits per heavy atom. The summed E-state index contributed by atoms with van der Waals surface area (Å²) >= 11 is 0. The van der Waals surface area contributed by atoms with Crippen LogP contribution in [0.2, 0.25) is 0 Å². The summed E-state index contributed by atoms with van der Waals surface area (Å²) < 4.78 is 5.08. The fourth-order valence-corrected chi connectivity index (χ4v) is 2.78. The molecule has 0 spiro atoms. The summed E-state index contributed by atoms with van der Waals surface area (Å²) in [7, 11) is 0. The van der Waals surface area contributed by atoms with E-state index in [0.717, 1.165) is 37.2 Å². The monoisotopic (exact) mass is 251 g/mol. The normalized spacial score (nSPS) is 30.3. The van der Waals surface area contributed by atoms with Crippen LogP contribution < -0.4 is 5.32 Å². The first-order valence-electron chi connectivity index (χ1n) is 7.11. The van der Waals surface area contributed by atoms with Gasteiger partial charge in [-0.2, -0.15) is 0 Å². The van der Waals surface area contributed by atoms with Gasteiger partial charge in [-0.3, -0.25) is 0 Å². The molecule has 0 aromatic carbocycles. The summed E-state index contributed by atoms with van der Waals surface area (Å²) in [5.74, 6) is 0.816. The zero-order chi connectivity index (χ0) is 13.0. The molecule has 0 amide bonds. The molecule has 0 aliphatic heterocycles. The predicted molar refractivity (Wildman–Crippen MR) is 72.3 cm³/mol. The molecule has 0 radical (unpaired) electrons. The van der Waals surface area contributed by atoms with Gasteiger partial charge in [0.15, 0.2) is 0 Å². The van der Waals surface area contributed by atoms with Crippen LogP contribution in [0, 0.1) is 5.92 Å². The van der Waals surface area contributed by atoms with Gasteiger partial charge in [-0.1, -0.05) is 13.3 Å². The highest BCUT2D eigenvalue weighted by atomic mass is 16.3. The predicted octanol–water partition coefficient (Wildman–Crippen LogP) is 3.26. The average molecular weight is 251 g/mol. The zero-order valence-corrected chi connectivity index (χ0v) is 11.5. The molecule has 3 heteroatoms. The van der Waals surface area contributed by atoms with Gasteiger partial charge in [-0.05, 0) is 44.6 Å². The van der Waals surface area contributed by atoms with Gasteiger partial charge in [0.25, 0.3) is 0 Å². The van der Waals surface area contributed by atoms with Crippen LogP contribution in [-0.2, 0) is 0 Å². The molecule has 1 fully saturated rings. The standard InChI is InChI=1S/C15H25NO2/c1-3-13-4-7-15(17,8-5-13)11-16-12(2)14-6-9-18-10-14/h6,9-10,12-13,16-17H,3-5,7-8,11H2,1-2H3. The van der Waals surface area contributed by atoms with Crippen molar-refractivity contribution in [2.45, 2.75) is 57.6 Å². The quantitative estimate of drug-likeness (QED) is 0.844. The molecule has 1 aromatic rings. The topological polar surface area (TPSA) is 45.4 Å². The number of nitrogens with one attached hydrogen (secondary N) is 1. The fourth-order valence-electron chi connectivity index (χ4n) is 2.78. The minimum atomic E-state index is -0.510. The Morgan fingerprint density at radius 1 is 1.50 bits per heavy atom. The Labute approximate surface area is 110 Å². The highest BCUT2D eigenvalue weighted by Crippen LogP contribution is 2.33. The first-order chi connectivity index (χ1) is 8.63. The van der Waals surface area contributed by atoms with Crippen molar-refractivity contribution in [2.75, 3.05) is 6.54 Å². The Bertz CT molecular complexity index is 339. The number of hydrogen-bond donors (Lipinski definition) is 2. The molecule has 3 nitrogen and oxygen atoms in total. The van der Waals surface area contributed by atoms with Gasteiger partial charge in [0.2, 0.25) is 0 Å². The van der Waals surface area contributed by atoms with Gasteiger partial charge in [0.05, 0.1) is 18.1 Å². The third-order valence-electron chi connectivity index (χ3n) is 4.39. The Kier molecular flexibility index (Phi) is 4.46. The molecule has 0 saturated heterocycles.